The van der Waals surface area contributed by atoms with Gasteiger partial charge >= 0.3 is 0 Å². The molecule has 4 aromatic rings. The second-order valence-corrected chi connectivity index (χ2v) is 8.34. The highest BCUT2D eigenvalue weighted by Gasteiger charge is 2.22. The largest absolute Gasteiger partial charge is 0.506 e. The third-order valence-corrected chi connectivity index (χ3v) is 6.17. The molecule has 0 atom stereocenters. The van der Waals surface area contributed by atoms with Crippen LogP contribution in [-0.2, 0) is 5.75 Å². The van der Waals surface area contributed by atoms with E-state index in [-0.39, 0.29) is 5.75 Å². The zero-order chi connectivity index (χ0) is 23.4. The highest BCUT2D eigenvalue weighted by Crippen LogP contribution is 2.42. The standard InChI is InChI=1S/C24H22ClN3O4S/c1-30-20-12-16(13-21(31-2)22(20)32-3)23-26-27-24(28(23)18-9-4-5-10-19(18)29)33-14-15-7-6-8-17(25)11-15/h4-13,29H,14H2,1-3H3. The van der Waals surface area contributed by atoms with Gasteiger partial charge < -0.3 is 19.3 Å². The summed E-state index contributed by atoms with van der Waals surface area (Å²) in [5, 5.41) is 20.8. The number of methoxy groups -OCH3 is 3. The molecule has 3 aromatic carbocycles. The smallest absolute Gasteiger partial charge is 0.203 e. The molecule has 0 fully saturated rings. The number of nitrogens with zero attached hydrogens (tertiary/aromatic N) is 3. The van der Waals surface area contributed by atoms with Crippen molar-refractivity contribution in [1.82, 2.24) is 14.8 Å². The van der Waals surface area contributed by atoms with Crippen LogP contribution in [0.2, 0.25) is 5.02 Å². The second kappa shape index (κ2) is 10.1. The molecule has 0 bridgehead atoms. The van der Waals surface area contributed by atoms with Crippen molar-refractivity contribution < 1.29 is 19.3 Å². The molecule has 33 heavy (non-hydrogen) atoms. The number of thioether (sulfide) groups is 1. The van der Waals surface area contributed by atoms with Crippen LogP contribution in [0.3, 0.4) is 0 Å². The molecule has 0 aliphatic carbocycles. The summed E-state index contributed by atoms with van der Waals surface area (Å²) in [4.78, 5) is 0. The first-order valence-corrected chi connectivity index (χ1v) is 11.3. The Bertz CT molecular complexity index is 1250. The fourth-order valence-corrected chi connectivity index (χ4v) is 4.51. The maximum Gasteiger partial charge on any atom is 0.203 e. The molecular weight excluding hydrogens is 462 g/mol. The van der Waals surface area contributed by atoms with Gasteiger partial charge in [-0.15, -0.1) is 10.2 Å². The van der Waals surface area contributed by atoms with E-state index < -0.39 is 0 Å². The summed E-state index contributed by atoms with van der Waals surface area (Å²) in [6.07, 6.45) is 0. The minimum Gasteiger partial charge on any atom is -0.506 e. The third-order valence-electron chi connectivity index (χ3n) is 4.94. The molecule has 0 unspecified atom stereocenters. The van der Waals surface area contributed by atoms with Gasteiger partial charge in [-0.2, -0.15) is 0 Å². The maximum absolute atomic E-state index is 10.6. The van der Waals surface area contributed by atoms with E-state index in [0.29, 0.717) is 50.3 Å². The van der Waals surface area contributed by atoms with Crippen LogP contribution in [-0.4, -0.2) is 41.2 Å². The summed E-state index contributed by atoms with van der Waals surface area (Å²) in [6.45, 7) is 0. The highest BCUT2D eigenvalue weighted by molar-refractivity contribution is 7.98. The van der Waals surface area contributed by atoms with Gasteiger partial charge in [0.05, 0.1) is 27.0 Å². The monoisotopic (exact) mass is 483 g/mol. The molecule has 0 amide bonds. The van der Waals surface area contributed by atoms with Crippen LogP contribution in [0, 0.1) is 0 Å². The molecule has 0 saturated heterocycles. The number of phenolic OH excluding ortho intramolecular Hbond substituents is 1. The van der Waals surface area contributed by atoms with Crippen LogP contribution in [0.25, 0.3) is 17.1 Å². The fraction of sp³-hybridized carbons (Fsp3) is 0.167. The average Bonchev–Trinajstić information content (AvgIpc) is 3.25. The lowest BCUT2D eigenvalue weighted by atomic mass is 10.1. The van der Waals surface area contributed by atoms with Gasteiger partial charge in [-0.3, -0.25) is 4.57 Å². The molecule has 9 heteroatoms. The van der Waals surface area contributed by atoms with E-state index in [2.05, 4.69) is 10.2 Å². The van der Waals surface area contributed by atoms with Crippen LogP contribution in [0.4, 0.5) is 0 Å². The minimum atomic E-state index is 0.107. The van der Waals surface area contributed by atoms with Crippen LogP contribution < -0.4 is 14.2 Å². The van der Waals surface area contributed by atoms with Crippen LogP contribution in [0.15, 0.2) is 65.8 Å². The molecule has 1 aromatic heterocycles. The van der Waals surface area contributed by atoms with E-state index in [9.17, 15) is 5.11 Å². The summed E-state index contributed by atoms with van der Waals surface area (Å²) in [5.41, 5.74) is 2.29. The molecular formula is C24H22ClN3O4S. The first-order chi connectivity index (χ1) is 16.0. The number of phenols is 1. The van der Waals surface area contributed by atoms with Crippen molar-refractivity contribution in [2.24, 2.45) is 0 Å². The quantitative estimate of drug-likeness (QED) is 0.326. The van der Waals surface area contributed by atoms with E-state index in [4.69, 9.17) is 25.8 Å². The van der Waals surface area contributed by atoms with Gasteiger partial charge in [0.25, 0.3) is 0 Å². The normalized spacial score (nSPS) is 10.8. The maximum atomic E-state index is 10.6. The Hall–Kier alpha value is -3.36. The Labute approximate surface area is 200 Å². The molecule has 7 nitrogen and oxygen atoms in total. The number of aromatic hydroxyl groups is 1. The minimum absolute atomic E-state index is 0.107. The predicted octanol–water partition coefficient (Wildman–Crippen LogP) is 5.61. The van der Waals surface area contributed by atoms with Crippen molar-refractivity contribution in [2.45, 2.75) is 10.9 Å². The summed E-state index contributed by atoms with van der Waals surface area (Å²) in [5.74, 6) is 2.72. The van der Waals surface area contributed by atoms with Gasteiger partial charge in [0.15, 0.2) is 22.5 Å². The zero-order valence-corrected chi connectivity index (χ0v) is 19.9. The Morgan fingerprint density at radius 2 is 1.64 bits per heavy atom. The van der Waals surface area contributed by atoms with Gasteiger partial charge in [-0.05, 0) is 42.0 Å². The fourth-order valence-electron chi connectivity index (χ4n) is 3.41. The molecule has 1 N–H and O–H groups in total. The number of aromatic nitrogens is 3. The first kappa shape index (κ1) is 22.8. The number of hydrogen-bond acceptors (Lipinski definition) is 7. The lowest BCUT2D eigenvalue weighted by Gasteiger charge is -2.15. The van der Waals surface area contributed by atoms with Crippen molar-refractivity contribution in [2.75, 3.05) is 21.3 Å². The second-order valence-electron chi connectivity index (χ2n) is 6.96. The van der Waals surface area contributed by atoms with E-state index in [1.54, 1.807) is 45.6 Å². The van der Waals surface area contributed by atoms with Crippen molar-refractivity contribution in [3.8, 4) is 40.1 Å². The third kappa shape index (κ3) is 4.72. The predicted molar refractivity (Wildman–Crippen MR) is 129 cm³/mol. The molecule has 0 radical (unpaired) electrons. The van der Waals surface area contributed by atoms with Gasteiger partial charge in [-0.1, -0.05) is 47.6 Å². The molecule has 0 saturated carbocycles. The summed E-state index contributed by atoms with van der Waals surface area (Å²) in [7, 11) is 4.66. The summed E-state index contributed by atoms with van der Waals surface area (Å²) < 4.78 is 18.3. The van der Waals surface area contributed by atoms with E-state index in [0.717, 1.165) is 5.56 Å². The lowest BCUT2D eigenvalue weighted by Crippen LogP contribution is -2.02. The Kier molecular flexibility index (Phi) is 6.96. The number of para-hydroxylation sites is 2. The number of ether oxygens (including phenoxy) is 3. The van der Waals surface area contributed by atoms with Crippen molar-refractivity contribution in [1.29, 1.82) is 0 Å². The topological polar surface area (TPSA) is 78.6 Å². The van der Waals surface area contributed by atoms with Crippen molar-refractivity contribution in [3.05, 3.63) is 71.2 Å². The molecule has 0 aliphatic rings. The SMILES string of the molecule is COc1cc(-c2nnc(SCc3cccc(Cl)c3)n2-c2ccccc2O)cc(OC)c1OC. The van der Waals surface area contributed by atoms with Crippen LogP contribution in [0.5, 0.6) is 23.0 Å². The zero-order valence-electron chi connectivity index (χ0n) is 18.3. The summed E-state index contributed by atoms with van der Waals surface area (Å²) in [6, 6.07) is 18.3. The number of benzene rings is 3. The van der Waals surface area contributed by atoms with E-state index >= 15 is 0 Å². The molecule has 170 valence electrons. The Balaban J connectivity index is 1.83. The molecule has 0 spiro atoms. The van der Waals surface area contributed by atoms with Crippen LogP contribution in [0.1, 0.15) is 5.56 Å². The summed E-state index contributed by atoms with van der Waals surface area (Å²) >= 11 is 7.62. The average molecular weight is 484 g/mol. The van der Waals surface area contributed by atoms with E-state index in [1.165, 1.54) is 11.8 Å². The van der Waals surface area contributed by atoms with Crippen molar-refractivity contribution >= 4 is 23.4 Å². The van der Waals surface area contributed by atoms with Gasteiger partial charge in [0, 0.05) is 16.3 Å². The van der Waals surface area contributed by atoms with Gasteiger partial charge in [0.1, 0.15) is 5.75 Å². The number of hydrogen-bond donors (Lipinski definition) is 1. The Morgan fingerprint density at radius 3 is 2.27 bits per heavy atom. The highest BCUT2D eigenvalue weighted by atomic mass is 35.5. The molecule has 1 heterocycles. The number of rotatable bonds is 8. The van der Waals surface area contributed by atoms with Gasteiger partial charge in [-0.25, -0.2) is 0 Å². The Morgan fingerprint density at radius 1 is 0.909 bits per heavy atom. The molecule has 4 rings (SSSR count). The lowest BCUT2D eigenvalue weighted by molar-refractivity contribution is 0.324. The van der Waals surface area contributed by atoms with E-state index in [1.807, 2.05) is 41.0 Å². The van der Waals surface area contributed by atoms with Crippen molar-refractivity contribution in [3.63, 3.8) is 0 Å². The van der Waals surface area contributed by atoms with Gasteiger partial charge in [0.2, 0.25) is 5.75 Å². The number of halogens is 1. The first-order valence-electron chi connectivity index (χ1n) is 9.97. The molecule has 0 aliphatic heterocycles. The van der Waals surface area contributed by atoms with Crippen LogP contribution >= 0.6 is 23.4 Å².